The number of methoxy groups -OCH3 is 1. The van der Waals surface area contributed by atoms with E-state index in [1.165, 1.54) is 13.2 Å². The molecule has 1 N–H and O–H groups in total. The zero-order valence-electron chi connectivity index (χ0n) is 9.99. The Bertz CT molecular complexity index is 222. The minimum Gasteiger partial charge on any atom is -0.466 e. The summed E-state index contributed by atoms with van der Waals surface area (Å²) in [5, 5.41) is 9.67. The normalized spacial score (nSPS) is 14.1. The molecule has 1 atom stereocenters. The zero-order valence-corrected chi connectivity index (χ0v) is 9.99. The molecule has 4 nitrogen and oxygen atoms in total. The van der Waals surface area contributed by atoms with Gasteiger partial charge in [-0.25, -0.2) is 4.79 Å². The van der Waals surface area contributed by atoms with E-state index in [-0.39, 0.29) is 0 Å². The summed E-state index contributed by atoms with van der Waals surface area (Å²) in [5.74, 6) is -0.395. The average molecular weight is 215 g/mol. The molecule has 0 heterocycles. The fraction of sp³-hybridized carbons (Fsp3) is 0.727. The van der Waals surface area contributed by atoms with Gasteiger partial charge in [0.2, 0.25) is 0 Å². The van der Waals surface area contributed by atoms with Gasteiger partial charge in [-0.15, -0.1) is 0 Å². The van der Waals surface area contributed by atoms with Crippen LogP contribution in [0.25, 0.3) is 0 Å². The molecule has 0 aliphatic heterocycles. The van der Waals surface area contributed by atoms with E-state index >= 15 is 0 Å². The summed E-state index contributed by atoms with van der Waals surface area (Å²) in [6, 6.07) is 0. The third kappa shape index (κ3) is 5.54. The molecule has 0 saturated heterocycles. The number of hydrogen-bond acceptors (Lipinski definition) is 4. The van der Waals surface area contributed by atoms with Gasteiger partial charge in [-0.3, -0.25) is 0 Å². The number of esters is 1. The van der Waals surface area contributed by atoms with Crippen LogP contribution in [0.4, 0.5) is 0 Å². The number of hydrogen-bond donors (Lipinski definition) is 1. The number of carbonyl (C=O) groups is 1. The van der Waals surface area contributed by atoms with E-state index in [1.54, 1.807) is 6.92 Å². The second kappa shape index (κ2) is 7.43. The van der Waals surface area contributed by atoms with E-state index in [0.717, 1.165) is 13.1 Å². The predicted molar refractivity (Wildman–Crippen MR) is 59.6 cm³/mol. The van der Waals surface area contributed by atoms with Crippen molar-refractivity contribution in [2.75, 3.05) is 26.7 Å². The van der Waals surface area contributed by atoms with Crippen molar-refractivity contribution in [2.45, 2.75) is 26.9 Å². The van der Waals surface area contributed by atoms with Gasteiger partial charge < -0.3 is 14.7 Å². The van der Waals surface area contributed by atoms with Crippen molar-refractivity contribution in [1.82, 2.24) is 4.90 Å². The molecule has 0 saturated carbocycles. The van der Waals surface area contributed by atoms with Crippen LogP contribution in [-0.4, -0.2) is 48.8 Å². The first-order valence-electron chi connectivity index (χ1n) is 5.22. The number of rotatable bonds is 6. The third-order valence-corrected chi connectivity index (χ3v) is 2.29. The number of likely N-dealkylation sites (N-methyl/N-ethyl adjacent to an activating group) is 1. The Morgan fingerprint density at radius 2 is 2.00 bits per heavy atom. The minimum absolute atomic E-state index is 0.395. The molecule has 0 bridgehead atoms. The summed E-state index contributed by atoms with van der Waals surface area (Å²) in [6.45, 7) is 8.02. The van der Waals surface area contributed by atoms with Gasteiger partial charge in [-0.1, -0.05) is 13.8 Å². The highest BCUT2D eigenvalue weighted by atomic mass is 16.5. The van der Waals surface area contributed by atoms with Crippen LogP contribution in [0.2, 0.25) is 0 Å². The van der Waals surface area contributed by atoms with Gasteiger partial charge in [0.05, 0.1) is 13.2 Å². The molecular formula is C11H21NO3. The first-order valence-corrected chi connectivity index (χ1v) is 5.22. The lowest BCUT2D eigenvalue weighted by Gasteiger charge is -2.20. The molecular weight excluding hydrogens is 194 g/mol. The molecule has 1 unspecified atom stereocenters. The van der Waals surface area contributed by atoms with Crippen LogP contribution in [0, 0.1) is 0 Å². The summed E-state index contributed by atoms with van der Waals surface area (Å²) >= 11 is 0. The topological polar surface area (TPSA) is 49.8 Å². The Labute approximate surface area is 91.5 Å². The number of aliphatic hydroxyl groups excluding tert-OH is 1. The Balaban J connectivity index is 4.22. The highest BCUT2D eigenvalue weighted by molar-refractivity contribution is 5.87. The third-order valence-electron chi connectivity index (χ3n) is 2.29. The van der Waals surface area contributed by atoms with Crippen molar-refractivity contribution in [3.63, 3.8) is 0 Å². The van der Waals surface area contributed by atoms with Gasteiger partial charge in [-0.05, 0) is 26.1 Å². The Hall–Kier alpha value is -0.870. The first-order chi connectivity index (χ1) is 7.04. The predicted octanol–water partition coefficient (Wildman–Crippen LogP) is 0.808. The maximum Gasteiger partial charge on any atom is 0.333 e. The summed E-state index contributed by atoms with van der Waals surface area (Å²) in [4.78, 5) is 13.1. The number of nitrogens with zero attached hydrogens (tertiary/aromatic N) is 1. The van der Waals surface area contributed by atoms with Crippen LogP contribution in [-0.2, 0) is 9.53 Å². The van der Waals surface area contributed by atoms with E-state index in [4.69, 9.17) is 0 Å². The lowest BCUT2D eigenvalue weighted by molar-refractivity contribution is -0.136. The van der Waals surface area contributed by atoms with E-state index in [1.807, 2.05) is 13.8 Å². The molecule has 0 aromatic heterocycles. The highest BCUT2D eigenvalue weighted by Gasteiger charge is 2.09. The quantitative estimate of drug-likeness (QED) is 0.526. The van der Waals surface area contributed by atoms with E-state index in [9.17, 15) is 9.90 Å². The summed E-state index contributed by atoms with van der Waals surface area (Å²) in [6.07, 6.45) is 0.911. The van der Waals surface area contributed by atoms with Gasteiger partial charge in [0.15, 0.2) is 0 Å². The Morgan fingerprint density at radius 3 is 2.40 bits per heavy atom. The fourth-order valence-corrected chi connectivity index (χ4v) is 1.32. The molecule has 0 aromatic carbocycles. The SMILES string of the molecule is CCN(CC)CC(O)C=C(C)C(=O)OC. The smallest absolute Gasteiger partial charge is 0.333 e. The maximum atomic E-state index is 11.1. The monoisotopic (exact) mass is 215 g/mol. The van der Waals surface area contributed by atoms with E-state index in [0.29, 0.717) is 12.1 Å². The van der Waals surface area contributed by atoms with Crippen molar-refractivity contribution in [3.05, 3.63) is 11.6 Å². The molecule has 0 amide bonds. The number of ether oxygens (including phenoxy) is 1. The van der Waals surface area contributed by atoms with Crippen molar-refractivity contribution in [1.29, 1.82) is 0 Å². The molecule has 0 rings (SSSR count). The largest absolute Gasteiger partial charge is 0.466 e. The minimum atomic E-state index is -0.621. The van der Waals surface area contributed by atoms with Gasteiger partial charge >= 0.3 is 5.97 Å². The highest BCUT2D eigenvalue weighted by Crippen LogP contribution is 2.01. The van der Waals surface area contributed by atoms with Crippen molar-refractivity contribution in [2.24, 2.45) is 0 Å². The zero-order chi connectivity index (χ0) is 11.8. The number of aliphatic hydroxyl groups is 1. The molecule has 15 heavy (non-hydrogen) atoms. The van der Waals surface area contributed by atoms with Gasteiger partial charge in [0.25, 0.3) is 0 Å². The van der Waals surface area contributed by atoms with Gasteiger partial charge in [0, 0.05) is 12.1 Å². The summed E-state index contributed by atoms with van der Waals surface area (Å²) in [7, 11) is 1.33. The molecule has 88 valence electrons. The summed E-state index contributed by atoms with van der Waals surface area (Å²) in [5.41, 5.74) is 0.442. The van der Waals surface area contributed by atoms with Crippen LogP contribution in [0.5, 0.6) is 0 Å². The van der Waals surface area contributed by atoms with Gasteiger partial charge in [0.1, 0.15) is 0 Å². The van der Waals surface area contributed by atoms with E-state index < -0.39 is 12.1 Å². The number of carbonyl (C=O) groups excluding carboxylic acids is 1. The summed E-state index contributed by atoms with van der Waals surface area (Å²) < 4.78 is 4.54. The van der Waals surface area contributed by atoms with Crippen LogP contribution >= 0.6 is 0 Å². The van der Waals surface area contributed by atoms with Crippen molar-refractivity contribution in [3.8, 4) is 0 Å². The lowest BCUT2D eigenvalue weighted by Crippen LogP contribution is -2.31. The Morgan fingerprint density at radius 1 is 1.47 bits per heavy atom. The van der Waals surface area contributed by atoms with Crippen molar-refractivity contribution >= 4 is 5.97 Å². The van der Waals surface area contributed by atoms with Gasteiger partial charge in [-0.2, -0.15) is 0 Å². The molecule has 4 heteroatoms. The lowest BCUT2D eigenvalue weighted by atomic mass is 10.2. The fourth-order valence-electron chi connectivity index (χ4n) is 1.32. The van der Waals surface area contributed by atoms with Crippen LogP contribution in [0.1, 0.15) is 20.8 Å². The van der Waals surface area contributed by atoms with Crippen LogP contribution in [0.15, 0.2) is 11.6 Å². The molecule has 0 aromatic rings. The van der Waals surface area contributed by atoms with Crippen molar-refractivity contribution < 1.29 is 14.6 Å². The first kappa shape index (κ1) is 14.1. The molecule has 0 spiro atoms. The van der Waals surface area contributed by atoms with Crippen LogP contribution in [0.3, 0.4) is 0 Å². The second-order valence-corrected chi connectivity index (χ2v) is 3.39. The van der Waals surface area contributed by atoms with E-state index in [2.05, 4.69) is 9.64 Å². The molecule has 0 fully saturated rings. The molecule has 0 radical (unpaired) electrons. The second-order valence-electron chi connectivity index (χ2n) is 3.39. The Kier molecular flexibility index (Phi) is 6.99. The average Bonchev–Trinajstić information content (AvgIpc) is 2.24. The van der Waals surface area contributed by atoms with Crippen LogP contribution < -0.4 is 0 Å². The standard InChI is InChI=1S/C11H21NO3/c1-5-12(6-2)8-10(13)7-9(3)11(14)15-4/h7,10,13H,5-6,8H2,1-4H3. The maximum absolute atomic E-state index is 11.1. The molecule has 0 aliphatic carbocycles. The molecule has 0 aliphatic rings.